The summed E-state index contributed by atoms with van der Waals surface area (Å²) in [6.45, 7) is 1.99. The van der Waals surface area contributed by atoms with Gasteiger partial charge in [0.25, 0.3) is 15.9 Å². The fourth-order valence-electron chi connectivity index (χ4n) is 2.83. The number of rotatable bonds is 7. The molecule has 0 fully saturated rings. The number of carbonyl (C=O) groups is 1. The molecule has 0 aromatic heterocycles. The Morgan fingerprint density at radius 2 is 1.67 bits per heavy atom. The molecule has 0 saturated heterocycles. The summed E-state index contributed by atoms with van der Waals surface area (Å²) < 4.78 is 54.2. The molecule has 30 heavy (non-hydrogen) atoms. The number of benzene rings is 3. The standard InChI is InChI=1S/C22H20F2N2O3S/c1-15-6-11-18(30(28,29)26-21-5-3-2-4-20(21)24)14-19(15)22(27)25-13-12-16-7-9-17(23)10-8-16/h2-11,14,26H,12-13H2,1H3,(H,25,27). The maximum Gasteiger partial charge on any atom is 0.262 e. The van der Waals surface area contributed by atoms with Crippen LogP contribution in [0.15, 0.2) is 71.6 Å². The average molecular weight is 430 g/mol. The molecule has 0 aliphatic rings. The number of halogens is 2. The molecule has 5 nitrogen and oxygen atoms in total. The zero-order chi connectivity index (χ0) is 21.7. The molecule has 0 heterocycles. The van der Waals surface area contributed by atoms with E-state index in [1.807, 2.05) is 0 Å². The molecule has 0 unspecified atom stereocenters. The molecule has 1 amide bonds. The highest BCUT2D eigenvalue weighted by atomic mass is 32.2. The highest BCUT2D eigenvalue weighted by Crippen LogP contribution is 2.21. The van der Waals surface area contributed by atoms with Gasteiger partial charge in [0.1, 0.15) is 11.6 Å². The van der Waals surface area contributed by atoms with Crippen molar-refractivity contribution >= 4 is 21.6 Å². The summed E-state index contributed by atoms with van der Waals surface area (Å²) in [6, 6.07) is 15.5. The molecule has 0 aliphatic carbocycles. The Labute approximate surface area is 173 Å². The van der Waals surface area contributed by atoms with Gasteiger partial charge >= 0.3 is 0 Å². The number of hydrogen-bond donors (Lipinski definition) is 2. The molecular formula is C22H20F2N2O3S. The topological polar surface area (TPSA) is 75.3 Å². The van der Waals surface area contributed by atoms with Crippen LogP contribution in [-0.4, -0.2) is 20.9 Å². The van der Waals surface area contributed by atoms with Crippen LogP contribution in [-0.2, 0) is 16.4 Å². The van der Waals surface area contributed by atoms with E-state index in [2.05, 4.69) is 10.0 Å². The van der Waals surface area contributed by atoms with E-state index in [4.69, 9.17) is 0 Å². The minimum Gasteiger partial charge on any atom is -0.352 e. The van der Waals surface area contributed by atoms with Crippen molar-refractivity contribution in [1.29, 1.82) is 0 Å². The van der Waals surface area contributed by atoms with Crippen molar-refractivity contribution in [3.8, 4) is 0 Å². The number of carbonyl (C=O) groups excluding carboxylic acids is 1. The molecule has 0 saturated carbocycles. The van der Waals surface area contributed by atoms with Crippen LogP contribution in [0.25, 0.3) is 0 Å². The molecule has 0 aliphatic heterocycles. The van der Waals surface area contributed by atoms with E-state index in [9.17, 15) is 22.0 Å². The largest absolute Gasteiger partial charge is 0.352 e. The van der Waals surface area contributed by atoms with Gasteiger partial charge in [0, 0.05) is 12.1 Å². The Balaban J connectivity index is 1.73. The normalized spacial score (nSPS) is 11.2. The molecule has 3 aromatic rings. The van der Waals surface area contributed by atoms with Crippen molar-refractivity contribution in [2.75, 3.05) is 11.3 Å². The molecule has 0 radical (unpaired) electrons. The Hall–Kier alpha value is -3.26. The number of hydrogen-bond acceptors (Lipinski definition) is 3. The molecule has 8 heteroatoms. The number of para-hydroxylation sites is 1. The number of anilines is 1. The minimum absolute atomic E-state index is 0.153. The van der Waals surface area contributed by atoms with Crippen molar-refractivity contribution in [3.05, 3.63) is 95.1 Å². The fourth-order valence-corrected chi connectivity index (χ4v) is 3.92. The van der Waals surface area contributed by atoms with Crippen molar-refractivity contribution in [2.24, 2.45) is 0 Å². The number of amides is 1. The lowest BCUT2D eigenvalue weighted by Crippen LogP contribution is -2.27. The zero-order valence-corrected chi connectivity index (χ0v) is 17.0. The minimum atomic E-state index is -4.08. The highest BCUT2D eigenvalue weighted by Gasteiger charge is 2.19. The van der Waals surface area contributed by atoms with Crippen LogP contribution in [0.4, 0.5) is 14.5 Å². The second-order valence-electron chi connectivity index (χ2n) is 6.69. The van der Waals surface area contributed by atoms with Gasteiger partial charge in [0.15, 0.2) is 0 Å². The molecule has 0 atom stereocenters. The Bertz CT molecular complexity index is 1160. The van der Waals surface area contributed by atoms with Crippen molar-refractivity contribution in [2.45, 2.75) is 18.2 Å². The summed E-state index contributed by atoms with van der Waals surface area (Å²) in [6.07, 6.45) is 0.498. The molecule has 3 aromatic carbocycles. The molecular weight excluding hydrogens is 410 g/mol. The average Bonchev–Trinajstić information content (AvgIpc) is 2.71. The van der Waals surface area contributed by atoms with Gasteiger partial charge in [-0.05, 0) is 60.9 Å². The second kappa shape index (κ2) is 9.04. The van der Waals surface area contributed by atoms with Crippen LogP contribution in [0.2, 0.25) is 0 Å². The van der Waals surface area contributed by atoms with E-state index in [0.717, 1.165) is 11.6 Å². The monoisotopic (exact) mass is 430 g/mol. The van der Waals surface area contributed by atoms with Gasteiger partial charge in [0.05, 0.1) is 10.6 Å². The third-order valence-electron chi connectivity index (χ3n) is 4.49. The van der Waals surface area contributed by atoms with Gasteiger partial charge in [-0.3, -0.25) is 9.52 Å². The van der Waals surface area contributed by atoms with Gasteiger partial charge in [0.2, 0.25) is 0 Å². The molecule has 3 rings (SSSR count). The summed E-state index contributed by atoms with van der Waals surface area (Å²) >= 11 is 0. The van der Waals surface area contributed by atoms with E-state index < -0.39 is 21.7 Å². The van der Waals surface area contributed by atoms with E-state index in [-0.39, 0.29) is 22.0 Å². The maximum atomic E-state index is 13.8. The van der Waals surface area contributed by atoms with Gasteiger partial charge in [-0.25, -0.2) is 17.2 Å². The Morgan fingerprint density at radius 3 is 2.37 bits per heavy atom. The lowest BCUT2D eigenvalue weighted by atomic mass is 10.1. The fraction of sp³-hybridized carbons (Fsp3) is 0.136. The van der Waals surface area contributed by atoms with E-state index in [1.54, 1.807) is 19.1 Å². The van der Waals surface area contributed by atoms with Crippen LogP contribution in [0.5, 0.6) is 0 Å². The zero-order valence-electron chi connectivity index (χ0n) is 16.2. The van der Waals surface area contributed by atoms with Crippen LogP contribution in [0.3, 0.4) is 0 Å². The summed E-state index contributed by atoms with van der Waals surface area (Å²) in [5, 5.41) is 2.73. The van der Waals surface area contributed by atoms with E-state index in [0.29, 0.717) is 18.5 Å². The Morgan fingerprint density at radius 1 is 0.967 bits per heavy atom. The smallest absolute Gasteiger partial charge is 0.262 e. The predicted molar refractivity (Wildman–Crippen MR) is 111 cm³/mol. The van der Waals surface area contributed by atoms with Gasteiger partial charge in [-0.15, -0.1) is 0 Å². The van der Waals surface area contributed by atoms with Gasteiger partial charge in [-0.1, -0.05) is 30.3 Å². The van der Waals surface area contributed by atoms with Gasteiger partial charge in [-0.2, -0.15) is 0 Å². The lowest BCUT2D eigenvalue weighted by molar-refractivity contribution is 0.0953. The summed E-state index contributed by atoms with van der Waals surface area (Å²) in [7, 11) is -4.08. The number of aryl methyl sites for hydroxylation is 1. The molecule has 0 bridgehead atoms. The Kier molecular flexibility index (Phi) is 6.47. The summed E-state index contributed by atoms with van der Waals surface area (Å²) in [4.78, 5) is 12.4. The summed E-state index contributed by atoms with van der Waals surface area (Å²) in [5.74, 6) is -1.47. The van der Waals surface area contributed by atoms with Gasteiger partial charge < -0.3 is 5.32 Å². The summed E-state index contributed by atoms with van der Waals surface area (Å²) in [5.41, 5.74) is 1.48. The SMILES string of the molecule is Cc1ccc(S(=O)(=O)Nc2ccccc2F)cc1C(=O)NCCc1ccc(F)cc1. The van der Waals surface area contributed by atoms with Crippen LogP contribution in [0, 0.1) is 18.6 Å². The number of sulfonamides is 1. The van der Waals surface area contributed by atoms with Crippen LogP contribution < -0.4 is 10.0 Å². The maximum absolute atomic E-state index is 13.8. The van der Waals surface area contributed by atoms with Crippen LogP contribution >= 0.6 is 0 Å². The molecule has 156 valence electrons. The first-order valence-electron chi connectivity index (χ1n) is 9.17. The van der Waals surface area contributed by atoms with E-state index >= 15 is 0 Å². The second-order valence-corrected chi connectivity index (χ2v) is 8.38. The predicted octanol–water partition coefficient (Wildman–Crippen LogP) is 4.05. The first-order valence-corrected chi connectivity index (χ1v) is 10.7. The first kappa shape index (κ1) is 21.4. The van der Waals surface area contributed by atoms with Crippen molar-refractivity contribution in [1.82, 2.24) is 5.32 Å². The van der Waals surface area contributed by atoms with Crippen molar-refractivity contribution < 1.29 is 22.0 Å². The van der Waals surface area contributed by atoms with Crippen molar-refractivity contribution in [3.63, 3.8) is 0 Å². The third kappa shape index (κ3) is 5.21. The quantitative estimate of drug-likeness (QED) is 0.594. The first-order chi connectivity index (χ1) is 14.3. The molecule has 2 N–H and O–H groups in total. The number of nitrogens with one attached hydrogen (secondary N) is 2. The molecule has 0 spiro atoms. The lowest BCUT2D eigenvalue weighted by Gasteiger charge is -2.12. The highest BCUT2D eigenvalue weighted by molar-refractivity contribution is 7.92. The third-order valence-corrected chi connectivity index (χ3v) is 5.86. The van der Waals surface area contributed by atoms with Crippen LogP contribution in [0.1, 0.15) is 21.5 Å². The van der Waals surface area contributed by atoms with E-state index in [1.165, 1.54) is 48.5 Å².